The molecule has 0 aliphatic rings. The summed E-state index contributed by atoms with van der Waals surface area (Å²) in [5, 5.41) is 7.07. The molecule has 1 unspecified atom stereocenters. The molecule has 1 amide bonds. The fraction of sp³-hybridized carbons (Fsp3) is 0.533. The van der Waals surface area contributed by atoms with Gasteiger partial charge >= 0.3 is 5.69 Å². The van der Waals surface area contributed by atoms with Crippen molar-refractivity contribution in [1.29, 1.82) is 0 Å². The maximum atomic E-state index is 12.2. The fourth-order valence-electron chi connectivity index (χ4n) is 2.67. The van der Waals surface area contributed by atoms with Crippen molar-refractivity contribution in [2.75, 3.05) is 6.54 Å². The Morgan fingerprint density at radius 2 is 2.13 bits per heavy atom. The summed E-state index contributed by atoms with van der Waals surface area (Å²) in [6, 6.07) is 5.26. The number of nitrogens with one attached hydrogen (secondary N) is 1. The van der Waals surface area contributed by atoms with Gasteiger partial charge in [0.1, 0.15) is 6.54 Å². The normalized spacial score (nSPS) is 13.6. The van der Waals surface area contributed by atoms with E-state index in [9.17, 15) is 9.59 Å². The number of fused-ring (bicyclic) bond motifs is 1. The molecule has 0 aliphatic heterocycles. The first-order valence-electron chi connectivity index (χ1n) is 7.40. The van der Waals surface area contributed by atoms with Crippen molar-refractivity contribution in [1.82, 2.24) is 19.5 Å². The van der Waals surface area contributed by atoms with Crippen LogP contribution in [0.15, 0.2) is 29.2 Å². The summed E-state index contributed by atoms with van der Waals surface area (Å²) in [7, 11) is 0. The zero-order chi connectivity index (χ0) is 16.3. The number of nitrogens with zero attached hydrogens (tertiary/aromatic N) is 3. The number of halogens is 1. The van der Waals surface area contributed by atoms with E-state index in [1.165, 1.54) is 4.40 Å². The Labute approximate surface area is 141 Å². The van der Waals surface area contributed by atoms with E-state index in [1.807, 2.05) is 6.92 Å². The van der Waals surface area contributed by atoms with Crippen LogP contribution in [0.5, 0.6) is 0 Å². The fourth-order valence-corrected chi connectivity index (χ4v) is 2.67. The molecular weight excluding hydrogens is 318 g/mol. The summed E-state index contributed by atoms with van der Waals surface area (Å²) >= 11 is 0. The van der Waals surface area contributed by atoms with Gasteiger partial charge in [-0.1, -0.05) is 19.9 Å². The minimum Gasteiger partial charge on any atom is -0.348 e. The molecule has 128 valence electrons. The highest BCUT2D eigenvalue weighted by molar-refractivity contribution is 5.85. The quantitative estimate of drug-likeness (QED) is 0.812. The van der Waals surface area contributed by atoms with Gasteiger partial charge in [-0.05, 0) is 31.4 Å². The summed E-state index contributed by atoms with van der Waals surface area (Å²) in [6.45, 7) is 6.29. The minimum atomic E-state index is -0.478. The third-order valence-corrected chi connectivity index (χ3v) is 3.53. The highest BCUT2D eigenvalue weighted by Gasteiger charge is 2.26. The maximum absolute atomic E-state index is 12.2. The maximum Gasteiger partial charge on any atom is 0.350 e. The molecule has 23 heavy (non-hydrogen) atoms. The lowest BCUT2D eigenvalue weighted by Crippen LogP contribution is -2.53. The summed E-state index contributed by atoms with van der Waals surface area (Å²) in [4.78, 5) is 24.4. The van der Waals surface area contributed by atoms with Crippen LogP contribution < -0.4 is 16.7 Å². The SMILES string of the molecule is CC(C)CC(C)(CN)NC(=O)Cn1nc2ccccn2c1=O.Cl. The van der Waals surface area contributed by atoms with E-state index in [2.05, 4.69) is 24.3 Å². The Bertz CT molecular complexity index is 724. The van der Waals surface area contributed by atoms with Gasteiger partial charge in [-0.2, -0.15) is 0 Å². The number of hydrogen-bond donors (Lipinski definition) is 2. The first-order valence-corrected chi connectivity index (χ1v) is 7.40. The van der Waals surface area contributed by atoms with Crippen molar-refractivity contribution in [2.45, 2.75) is 39.3 Å². The highest BCUT2D eigenvalue weighted by Crippen LogP contribution is 2.15. The molecule has 0 aromatic carbocycles. The van der Waals surface area contributed by atoms with E-state index in [0.29, 0.717) is 18.1 Å². The first kappa shape index (κ1) is 19.2. The Morgan fingerprint density at radius 3 is 2.70 bits per heavy atom. The van der Waals surface area contributed by atoms with Crippen LogP contribution in [0.2, 0.25) is 0 Å². The molecule has 7 nitrogen and oxygen atoms in total. The number of aromatic nitrogens is 3. The lowest BCUT2D eigenvalue weighted by Gasteiger charge is -2.31. The predicted octanol–water partition coefficient (Wildman–Crippen LogP) is 0.798. The monoisotopic (exact) mass is 341 g/mol. The van der Waals surface area contributed by atoms with Crippen LogP contribution >= 0.6 is 12.4 Å². The second-order valence-corrected chi connectivity index (χ2v) is 6.28. The third-order valence-electron chi connectivity index (χ3n) is 3.53. The number of hydrogen-bond acceptors (Lipinski definition) is 4. The van der Waals surface area contributed by atoms with Gasteiger partial charge in [0.25, 0.3) is 0 Å². The number of rotatable bonds is 6. The number of amides is 1. The highest BCUT2D eigenvalue weighted by atomic mass is 35.5. The topological polar surface area (TPSA) is 94.4 Å². The molecule has 0 saturated carbocycles. The van der Waals surface area contributed by atoms with Crippen molar-refractivity contribution in [3.63, 3.8) is 0 Å². The smallest absolute Gasteiger partial charge is 0.348 e. The van der Waals surface area contributed by atoms with E-state index in [-0.39, 0.29) is 30.5 Å². The number of nitrogens with two attached hydrogens (primary N) is 1. The Hall–Kier alpha value is -1.86. The molecular formula is C15H24ClN5O2. The zero-order valence-corrected chi connectivity index (χ0v) is 14.5. The molecule has 2 aromatic rings. The van der Waals surface area contributed by atoms with Crippen LogP contribution in [0.25, 0.3) is 5.65 Å². The number of carbonyl (C=O) groups excluding carboxylic acids is 1. The zero-order valence-electron chi connectivity index (χ0n) is 13.7. The lowest BCUT2D eigenvalue weighted by atomic mass is 9.91. The minimum absolute atomic E-state index is 0. The molecule has 8 heteroatoms. The molecule has 2 heterocycles. The van der Waals surface area contributed by atoms with Crippen LogP contribution in [0.3, 0.4) is 0 Å². The van der Waals surface area contributed by atoms with E-state index >= 15 is 0 Å². The van der Waals surface area contributed by atoms with Gasteiger partial charge in [0.05, 0.1) is 0 Å². The summed E-state index contributed by atoms with van der Waals surface area (Å²) < 4.78 is 2.57. The van der Waals surface area contributed by atoms with Crippen molar-refractivity contribution in [3.05, 3.63) is 34.9 Å². The van der Waals surface area contributed by atoms with E-state index in [0.717, 1.165) is 11.1 Å². The molecule has 1 atom stereocenters. The molecule has 0 aliphatic carbocycles. The van der Waals surface area contributed by atoms with Crippen molar-refractivity contribution < 1.29 is 4.79 Å². The summed E-state index contributed by atoms with van der Waals surface area (Å²) in [5.41, 5.74) is 5.50. The predicted molar refractivity (Wildman–Crippen MR) is 91.8 cm³/mol. The lowest BCUT2D eigenvalue weighted by molar-refractivity contribution is -0.123. The molecule has 0 radical (unpaired) electrons. The largest absolute Gasteiger partial charge is 0.350 e. The van der Waals surface area contributed by atoms with Gasteiger partial charge in [0, 0.05) is 18.3 Å². The first-order chi connectivity index (χ1) is 10.3. The standard InChI is InChI=1S/C15H23N5O2.ClH/c1-11(2)8-15(3,10-16)17-13(21)9-20-14(22)19-7-5-4-6-12(19)18-20;/h4-7,11H,8-10,16H2,1-3H3,(H,17,21);1H. The average molecular weight is 342 g/mol. The van der Waals surface area contributed by atoms with Crippen LogP contribution in [0, 0.1) is 5.92 Å². The van der Waals surface area contributed by atoms with Crippen LogP contribution in [0.4, 0.5) is 0 Å². The average Bonchev–Trinajstić information content (AvgIpc) is 2.75. The third kappa shape index (κ3) is 4.56. The summed E-state index contributed by atoms with van der Waals surface area (Å²) in [5.74, 6) is 0.144. The molecule has 0 bridgehead atoms. The number of pyridine rings is 1. The van der Waals surface area contributed by atoms with E-state index in [1.54, 1.807) is 24.4 Å². The van der Waals surface area contributed by atoms with Crippen LogP contribution in [-0.4, -0.2) is 32.2 Å². The second-order valence-electron chi connectivity index (χ2n) is 6.28. The molecule has 0 fully saturated rings. The Kier molecular flexibility index (Phi) is 6.35. The molecule has 0 spiro atoms. The van der Waals surface area contributed by atoms with Gasteiger partial charge in [0.15, 0.2) is 5.65 Å². The van der Waals surface area contributed by atoms with E-state index < -0.39 is 5.54 Å². The van der Waals surface area contributed by atoms with E-state index in [4.69, 9.17) is 5.73 Å². The Balaban J connectivity index is 0.00000264. The van der Waals surface area contributed by atoms with Crippen LogP contribution in [0.1, 0.15) is 27.2 Å². The van der Waals surface area contributed by atoms with Crippen molar-refractivity contribution in [2.24, 2.45) is 11.7 Å². The van der Waals surface area contributed by atoms with Gasteiger partial charge in [-0.3, -0.25) is 9.20 Å². The van der Waals surface area contributed by atoms with Gasteiger partial charge in [-0.15, -0.1) is 17.5 Å². The summed E-state index contributed by atoms with van der Waals surface area (Å²) in [6.07, 6.45) is 2.40. The van der Waals surface area contributed by atoms with Crippen LogP contribution in [-0.2, 0) is 11.3 Å². The molecule has 2 rings (SSSR count). The number of carbonyl (C=O) groups is 1. The van der Waals surface area contributed by atoms with Gasteiger partial charge in [0.2, 0.25) is 5.91 Å². The molecule has 0 saturated heterocycles. The molecule has 3 N–H and O–H groups in total. The van der Waals surface area contributed by atoms with Gasteiger partial charge in [-0.25, -0.2) is 9.48 Å². The van der Waals surface area contributed by atoms with Crippen molar-refractivity contribution >= 4 is 24.0 Å². The Morgan fingerprint density at radius 1 is 1.43 bits per heavy atom. The van der Waals surface area contributed by atoms with Gasteiger partial charge < -0.3 is 11.1 Å². The molecule has 2 aromatic heterocycles. The van der Waals surface area contributed by atoms with Crippen molar-refractivity contribution in [3.8, 4) is 0 Å². The second kappa shape index (κ2) is 7.61.